The summed E-state index contributed by atoms with van der Waals surface area (Å²) in [7, 11) is 0. The van der Waals surface area contributed by atoms with E-state index < -0.39 is 5.97 Å². The van der Waals surface area contributed by atoms with Crippen molar-refractivity contribution in [3.8, 4) is 0 Å². The molecule has 1 aromatic rings. The molecule has 0 saturated heterocycles. The van der Waals surface area contributed by atoms with E-state index in [0.29, 0.717) is 5.69 Å². The quantitative estimate of drug-likeness (QED) is 0.801. The van der Waals surface area contributed by atoms with Crippen molar-refractivity contribution in [3.63, 3.8) is 0 Å². The van der Waals surface area contributed by atoms with Crippen molar-refractivity contribution >= 4 is 17.3 Å². The maximum Gasteiger partial charge on any atom is 0.335 e. The number of nitrogens with zero attached hydrogens (tertiary/aromatic N) is 1. The standard InChI is InChI=1S/C15H22N2O2/c1-2-17(10-11-5-3-4-6-11)14-8-7-12(15(18)19)9-13(14)16/h7-9,11H,2-6,10,16H2,1H3,(H,18,19). The van der Waals surface area contributed by atoms with Gasteiger partial charge in [-0.1, -0.05) is 12.8 Å². The fraction of sp³-hybridized carbons (Fsp3) is 0.533. The fourth-order valence-electron chi connectivity index (χ4n) is 2.88. The average Bonchev–Trinajstić information content (AvgIpc) is 2.89. The van der Waals surface area contributed by atoms with Gasteiger partial charge in [-0.25, -0.2) is 4.79 Å². The van der Waals surface area contributed by atoms with Gasteiger partial charge >= 0.3 is 5.97 Å². The Morgan fingerprint density at radius 2 is 2.11 bits per heavy atom. The van der Waals surface area contributed by atoms with E-state index in [2.05, 4.69) is 11.8 Å². The highest BCUT2D eigenvalue weighted by Gasteiger charge is 2.19. The van der Waals surface area contributed by atoms with Gasteiger partial charge in [-0.05, 0) is 43.9 Å². The first-order chi connectivity index (χ1) is 9.11. The minimum atomic E-state index is -0.933. The summed E-state index contributed by atoms with van der Waals surface area (Å²) in [6, 6.07) is 5.01. The Kier molecular flexibility index (Phi) is 4.30. The number of nitrogen functional groups attached to an aromatic ring is 1. The van der Waals surface area contributed by atoms with E-state index in [1.807, 2.05) is 6.07 Å². The van der Waals surface area contributed by atoms with Crippen LogP contribution >= 0.6 is 0 Å². The summed E-state index contributed by atoms with van der Waals surface area (Å²) in [4.78, 5) is 13.2. The Hall–Kier alpha value is -1.71. The minimum Gasteiger partial charge on any atom is -0.478 e. The molecule has 2 rings (SSSR count). The van der Waals surface area contributed by atoms with E-state index in [9.17, 15) is 4.79 Å². The highest BCUT2D eigenvalue weighted by atomic mass is 16.4. The molecule has 1 aliphatic carbocycles. The highest BCUT2D eigenvalue weighted by molar-refractivity contribution is 5.90. The number of nitrogens with two attached hydrogens (primary N) is 1. The van der Waals surface area contributed by atoms with Crippen LogP contribution in [0.5, 0.6) is 0 Å². The van der Waals surface area contributed by atoms with Crippen molar-refractivity contribution in [1.29, 1.82) is 0 Å². The lowest BCUT2D eigenvalue weighted by Crippen LogP contribution is -2.29. The van der Waals surface area contributed by atoms with Crippen molar-refractivity contribution in [2.45, 2.75) is 32.6 Å². The minimum absolute atomic E-state index is 0.248. The molecule has 3 N–H and O–H groups in total. The molecule has 0 atom stereocenters. The normalized spacial score (nSPS) is 15.6. The first-order valence-corrected chi connectivity index (χ1v) is 6.99. The molecule has 19 heavy (non-hydrogen) atoms. The maximum absolute atomic E-state index is 10.9. The molecule has 1 aromatic carbocycles. The monoisotopic (exact) mass is 262 g/mol. The number of carbonyl (C=O) groups is 1. The number of carboxylic acid groups (broad SMARTS) is 1. The molecule has 0 unspecified atom stereocenters. The topological polar surface area (TPSA) is 66.6 Å². The third-order valence-corrected chi connectivity index (χ3v) is 3.95. The van der Waals surface area contributed by atoms with Gasteiger partial charge in [0.05, 0.1) is 16.9 Å². The Morgan fingerprint density at radius 1 is 1.42 bits per heavy atom. The average molecular weight is 262 g/mol. The van der Waals surface area contributed by atoms with Crippen LogP contribution in [0.4, 0.5) is 11.4 Å². The molecule has 0 amide bonds. The lowest BCUT2D eigenvalue weighted by Gasteiger charge is -2.27. The zero-order valence-corrected chi connectivity index (χ0v) is 11.4. The Morgan fingerprint density at radius 3 is 2.63 bits per heavy atom. The third kappa shape index (κ3) is 3.19. The zero-order chi connectivity index (χ0) is 13.8. The molecule has 1 aliphatic rings. The molecule has 4 nitrogen and oxygen atoms in total. The summed E-state index contributed by atoms with van der Waals surface area (Å²) < 4.78 is 0. The van der Waals surface area contributed by atoms with Gasteiger partial charge in [-0.15, -0.1) is 0 Å². The maximum atomic E-state index is 10.9. The summed E-state index contributed by atoms with van der Waals surface area (Å²) in [5.41, 5.74) is 7.77. The zero-order valence-electron chi connectivity index (χ0n) is 11.4. The smallest absolute Gasteiger partial charge is 0.335 e. The second kappa shape index (κ2) is 5.95. The summed E-state index contributed by atoms with van der Waals surface area (Å²) >= 11 is 0. The molecule has 104 valence electrons. The molecule has 0 aromatic heterocycles. The van der Waals surface area contributed by atoms with Crippen LogP contribution in [0.1, 0.15) is 43.0 Å². The van der Waals surface area contributed by atoms with E-state index in [1.54, 1.807) is 12.1 Å². The van der Waals surface area contributed by atoms with Gasteiger partial charge in [0.1, 0.15) is 0 Å². The molecule has 0 radical (unpaired) electrons. The van der Waals surface area contributed by atoms with E-state index in [0.717, 1.165) is 24.7 Å². The van der Waals surface area contributed by atoms with Crippen molar-refractivity contribution in [3.05, 3.63) is 23.8 Å². The largest absolute Gasteiger partial charge is 0.478 e. The molecular formula is C15H22N2O2. The third-order valence-electron chi connectivity index (χ3n) is 3.95. The Bertz CT molecular complexity index is 453. The van der Waals surface area contributed by atoms with Crippen molar-refractivity contribution < 1.29 is 9.90 Å². The molecule has 0 aliphatic heterocycles. The number of benzene rings is 1. The summed E-state index contributed by atoms with van der Waals surface area (Å²) in [6.07, 6.45) is 5.25. The summed E-state index contributed by atoms with van der Waals surface area (Å²) in [5, 5.41) is 8.96. The molecule has 0 bridgehead atoms. The number of hydrogen-bond acceptors (Lipinski definition) is 3. The van der Waals surface area contributed by atoms with Crippen molar-refractivity contribution in [2.75, 3.05) is 23.7 Å². The number of hydrogen-bond donors (Lipinski definition) is 2. The Labute approximate surface area is 114 Å². The van der Waals surface area contributed by atoms with Crippen LogP contribution in [0.15, 0.2) is 18.2 Å². The second-order valence-electron chi connectivity index (χ2n) is 5.27. The van der Waals surface area contributed by atoms with Gasteiger partial charge in [0.25, 0.3) is 0 Å². The predicted molar refractivity (Wildman–Crippen MR) is 77.7 cm³/mol. The molecule has 1 fully saturated rings. The first kappa shape index (κ1) is 13.7. The van der Waals surface area contributed by atoms with E-state index in [-0.39, 0.29) is 5.56 Å². The highest BCUT2D eigenvalue weighted by Crippen LogP contribution is 2.30. The predicted octanol–water partition coefficient (Wildman–Crippen LogP) is 2.98. The van der Waals surface area contributed by atoms with Gasteiger partial charge in [0.15, 0.2) is 0 Å². The van der Waals surface area contributed by atoms with Crippen molar-refractivity contribution in [2.24, 2.45) is 5.92 Å². The van der Waals surface area contributed by atoms with Crippen LogP contribution in [0, 0.1) is 5.92 Å². The second-order valence-corrected chi connectivity index (χ2v) is 5.27. The van der Waals surface area contributed by atoms with E-state index >= 15 is 0 Å². The van der Waals surface area contributed by atoms with Crippen molar-refractivity contribution in [1.82, 2.24) is 0 Å². The molecule has 0 spiro atoms. The van der Waals surface area contributed by atoms with Gasteiger partial charge in [0, 0.05) is 13.1 Å². The lowest BCUT2D eigenvalue weighted by atomic mass is 10.1. The molecule has 0 heterocycles. The van der Waals surface area contributed by atoms with Gasteiger partial charge in [-0.2, -0.15) is 0 Å². The lowest BCUT2D eigenvalue weighted by molar-refractivity contribution is 0.0697. The summed E-state index contributed by atoms with van der Waals surface area (Å²) in [5.74, 6) is -0.185. The number of carboxylic acids is 1. The SMILES string of the molecule is CCN(CC1CCCC1)c1ccc(C(=O)O)cc1N. The summed E-state index contributed by atoms with van der Waals surface area (Å²) in [6.45, 7) is 4.03. The number of rotatable bonds is 5. The molecule has 1 saturated carbocycles. The molecule has 4 heteroatoms. The van der Waals surface area contributed by atoms with Crippen LogP contribution in [0.3, 0.4) is 0 Å². The molecular weight excluding hydrogens is 240 g/mol. The van der Waals surface area contributed by atoms with Gasteiger partial charge in [-0.3, -0.25) is 0 Å². The van der Waals surface area contributed by atoms with Crippen LogP contribution in [-0.4, -0.2) is 24.2 Å². The van der Waals surface area contributed by atoms with E-state index in [4.69, 9.17) is 10.8 Å². The number of anilines is 2. The first-order valence-electron chi connectivity index (χ1n) is 6.99. The van der Waals surface area contributed by atoms with Gasteiger partial charge in [0.2, 0.25) is 0 Å². The van der Waals surface area contributed by atoms with Gasteiger partial charge < -0.3 is 15.7 Å². The van der Waals surface area contributed by atoms with Crippen LogP contribution < -0.4 is 10.6 Å². The number of aromatic carboxylic acids is 1. The van der Waals surface area contributed by atoms with Crippen LogP contribution in [-0.2, 0) is 0 Å². The Balaban J connectivity index is 2.15. The van der Waals surface area contributed by atoms with Crippen LogP contribution in [0.2, 0.25) is 0 Å². The fourth-order valence-corrected chi connectivity index (χ4v) is 2.88. The van der Waals surface area contributed by atoms with E-state index in [1.165, 1.54) is 25.7 Å². The van der Waals surface area contributed by atoms with Crippen LogP contribution in [0.25, 0.3) is 0 Å².